The molecule has 0 aliphatic carbocycles. The zero-order chi connectivity index (χ0) is 18.7. The molecule has 6 heteroatoms. The summed E-state index contributed by atoms with van der Waals surface area (Å²) in [6.45, 7) is 2.86. The van der Waals surface area contributed by atoms with E-state index < -0.39 is 0 Å². The molecule has 4 nitrogen and oxygen atoms in total. The summed E-state index contributed by atoms with van der Waals surface area (Å²) in [7, 11) is 0. The molecule has 2 aromatic carbocycles. The molecule has 1 N–H and O–H groups in total. The van der Waals surface area contributed by atoms with Crippen LogP contribution in [0, 0.1) is 12.8 Å². The fourth-order valence-corrected chi connectivity index (χ4v) is 3.62. The Labute approximate surface area is 163 Å². The molecule has 1 aliphatic rings. The molecule has 3 rings (SSSR count). The predicted molar refractivity (Wildman–Crippen MR) is 105 cm³/mol. The van der Waals surface area contributed by atoms with Crippen LogP contribution in [0.3, 0.4) is 0 Å². The summed E-state index contributed by atoms with van der Waals surface area (Å²) >= 11 is 12.0. The minimum absolute atomic E-state index is 0.0171. The van der Waals surface area contributed by atoms with E-state index in [1.807, 2.05) is 37.3 Å². The van der Waals surface area contributed by atoms with Crippen LogP contribution in [-0.4, -0.2) is 24.9 Å². The third kappa shape index (κ3) is 4.37. The molecule has 2 aromatic rings. The second-order valence-electron chi connectivity index (χ2n) is 6.52. The van der Waals surface area contributed by atoms with Gasteiger partial charge in [-0.3, -0.25) is 9.59 Å². The van der Waals surface area contributed by atoms with Gasteiger partial charge in [0, 0.05) is 35.2 Å². The van der Waals surface area contributed by atoms with Crippen molar-refractivity contribution in [3.8, 4) is 0 Å². The Morgan fingerprint density at radius 1 is 1.23 bits per heavy atom. The molecule has 0 spiro atoms. The second kappa shape index (κ2) is 8.11. The number of rotatable bonds is 5. The van der Waals surface area contributed by atoms with E-state index in [1.54, 1.807) is 17.0 Å². The Morgan fingerprint density at radius 2 is 2.04 bits per heavy atom. The van der Waals surface area contributed by atoms with Gasteiger partial charge >= 0.3 is 0 Å². The number of nitrogens with zero attached hydrogens (tertiary/aromatic N) is 1. The fraction of sp³-hybridized carbons (Fsp3) is 0.300. The highest BCUT2D eigenvalue weighted by atomic mass is 35.5. The van der Waals surface area contributed by atoms with Crippen molar-refractivity contribution in [2.45, 2.75) is 19.8 Å². The number of halogens is 2. The van der Waals surface area contributed by atoms with E-state index in [-0.39, 0.29) is 24.2 Å². The third-order valence-electron chi connectivity index (χ3n) is 4.52. The number of benzene rings is 2. The van der Waals surface area contributed by atoms with Crippen molar-refractivity contribution < 1.29 is 9.59 Å². The van der Waals surface area contributed by atoms with Gasteiger partial charge in [-0.05, 0) is 48.7 Å². The molecule has 136 valence electrons. The third-order valence-corrected chi connectivity index (χ3v) is 5.10. The molecular weight excluding hydrogens is 371 g/mol. The number of anilines is 1. The van der Waals surface area contributed by atoms with Crippen LogP contribution >= 0.6 is 23.2 Å². The van der Waals surface area contributed by atoms with Crippen LogP contribution in [-0.2, 0) is 16.0 Å². The number of hydrogen-bond acceptors (Lipinski definition) is 2. The van der Waals surface area contributed by atoms with Crippen molar-refractivity contribution in [1.29, 1.82) is 0 Å². The maximum absolute atomic E-state index is 12.4. The molecular formula is C20H20Cl2N2O2. The lowest BCUT2D eigenvalue weighted by Crippen LogP contribution is -2.34. The number of nitrogens with one attached hydrogen (secondary N) is 1. The second-order valence-corrected chi connectivity index (χ2v) is 7.36. The maximum atomic E-state index is 12.4. The largest absolute Gasteiger partial charge is 0.355 e. The van der Waals surface area contributed by atoms with Crippen LogP contribution in [0.15, 0.2) is 42.5 Å². The van der Waals surface area contributed by atoms with Gasteiger partial charge in [0.25, 0.3) is 0 Å². The summed E-state index contributed by atoms with van der Waals surface area (Å²) in [5, 5.41) is 4.09. The SMILES string of the molecule is Cc1cccc(N2C[C@H](C(=O)NCCc3ccc(Cl)cc3Cl)CC2=O)c1. The highest BCUT2D eigenvalue weighted by Crippen LogP contribution is 2.26. The van der Waals surface area contributed by atoms with Crippen LogP contribution < -0.4 is 10.2 Å². The summed E-state index contributed by atoms with van der Waals surface area (Å²) in [6.07, 6.45) is 0.853. The normalized spacial score (nSPS) is 16.8. The first-order chi connectivity index (χ1) is 12.4. The quantitative estimate of drug-likeness (QED) is 0.837. The summed E-state index contributed by atoms with van der Waals surface area (Å²) < 4.78 is 0. The lowest BCUT2D eigenvalue weighted by atomic mass is 10.1. The standard InChI is InChI=1S/C20H20Cl2N2O2/c1-13-3-2-4-17(9-13)24-12-15(10-19(24)25)20(26)23-8-7-14-5-6-16(21)11-18(14)22/h2-6,9,11,15H,7-8,10,12H2,1H3,(H,23,26)/t15-/m1/s1. The van der Waals surface area contributed by atoms with Crippen LogP contribution in [0.1, 0.15) is 17.5 Å². The van der Waals surface area contributed by atoms with Gasteiger partial charge < -0.3 is 10.2 Å². The van der Waals surface area contributed by atoms with E-state index in [0.29, 0.717) is 29.6 Å². The van der Waals surface area contributed by atoms with Crippen molar-refractivity contribution in [1.82, 2.24) is 5.32 Å². The number of carbonyl (C=O) groups excluding carboxylic acids is 2. The first-order valence-electron chi connectivity index (χ1n) is 8.52. The number of aryl methyl sites for hydroxylation is 1. The van der Waals surface area contributed by atoms with Crippen LogP contribution in [0.2, 0.25) is 10.0 Å². The number of carbonyl (C=O) groups is 2. The molecule has 0 radical (unpaired) electrons. The molecule has 26 heavy (non-hydrogen) atoms. The predicted octanol–water partition coefficient (Wildman–Crippen LogP) is 4.01. The average molecular weight is 391 g/mol. The lowest BCUT2D eigenvalue weighted by Gasteiger charge is -2.17. The maximum Gasteiger partial charge on any atom is 0.227 e. The Kier molecular flexibility index (Phi) is 5.84. The van der Waals surface area contributed by atoms with Gasteiger partial charge in [-0.15, -0.1) is 0 Å². The Balaban J connectivity index is 1.55. The van der Waals surface area contributed by atoms with Crippen LogP contribution in [0.25, 0.3) is 0 Å². The molecule has 1 aliphatic heterocycles. The molecule has 1 heterocycles. The first-order valence-corrected chi connectivity index (χ1v) is 9.28. The van der Waals surface area contributed by atoms with Gasteiger partial charge in [-0.1, -0.05) is 41.4 Å². The minimum atomic E-state index is -0.330. The van der Waals surface area contributed by atoms with E-state index in [0.717, 1.165) is 16.8 Å². The molecule has 1 saturated heterocycles. The van der Waals surface area contributed by atoms with Gasteiger partial charge in [0.15, 0.2) is 0 Å². The van der Waals surface area contributed by atoms with Crippen LogP contribution in [0.5, 0.6) is 0 Å². The Hall–Kier alpha value is -2.04. The van der Waals surface area contributed by atoms with E-state index >= 15 is 0 Å². The zero-order valence-electron chi connectivity index (χ0n) is 14.5. The average Bonchev–Trinajstić information content (AvgIpc) is 2.99. The highest BCUT2D eigenvalue weighted by Gasteiger charge is 2.34. The molecule has 0 saturated carbocycles. The molecule has 0 aromatic heterocycles. The Morgan fingerprint density at radius 3 is 2.77 bits per heavy atom. The van der Waals surface area contributed by atoms with Crippen molar-refractivity contribution in [2.24, 2.45) is 5.92 Å². The van der Waals surface area contributed by atoms with Gasteiger partial charge in [0.1, 0.15) is 0 Å². The zero-order valence-corrected chi connectivity index (χ0v) is 16.0. The first kappa shape index (κ1) is 18.7. The van der Waals surface area contributed by atoms with Crippen molar-refractivity contribution in [3.63, 3.8) is 0 Å². The number of amides is 2. The topological polar surface area (TPSA) is 49.4 Å². The van der Waals surface area contributed by atoms with E-state index in [1.165, 1.54) is 0 Å². The summed E-state index contributed by atoms with van der Waals surface area (Å²) in [5.74, 6) is -0.446. The van der Waals surface area contributed by atoms with E-state index in [9.17, 15) is 9.59 Å². The molecule has 1 fully saturated rings. The minimum Gasteiger partial charge on any atom is -0.355 e. The van der Waals surface area contributed by atoms with Gasteiger partial charge in [0.2, 0.25) is 11.8 Å². The van der Waals surface area contributed by atoms with Gasteiger partial charge in [0.05, 0.1) is 5.92 Å². The van der Waals surface area contributed by atoms with Crippen molar-refractivity contribution >= 4 is 40.7 Å². The summed E-state index contributed by atoms with van der Waals surface area (Å²) in [5.41, 5.74) is 2.86. The van der Waals surface area contributed by atoms with Gasteiger partial charge in [-0.2, -0.15) is 0 Å². The lowest BCUT2D eigenvalue weighted by molar-refractivity contribution is -0.126. The fourth-order valence-electron chi connectivity index (χ4n) is 3.12. The van der Waals surface area contributed by atoms with Crippen LogP contribution in [0.4, 0.5) is 5.69 Å². The summed E-state index contributed by atoms with van der Waals surface area (Å²) in [4.78, 5) is 26.4. The molecule has 2 amide bonds. The van der Waals surface area contributed by atoms with Crippen molar-refractivity contribution in [2.75, 3.05) is 18.0 Å². The Bertz CT molecular complexity index is 838. The monoisotopic (exact) mass is 390 g/mol. The molecule has 0 unspecified atom stereocenters. The summed E-state index contributed by atoms with van der Waals surface area (Å²) in [6, 6.07) is 13.1. The molecule has 1 atom stereocenters. The smallest absolute Gasteiger partial charge is 0.227 e. The van der Waals surface area contributed by atoms with Crippen molar-refractivity contribution in [3.05, 3.63) is 63.6 Å². The van der Waals surface area contributed by atoms with Gasteiger partial charge in [-0.25, -0.2) is 0 Å². The highest BCUT2D eigenvalue weighted by molar-refractivity contribution is 6.35. The van der Waals surface area contributed by atoms with E-state index in [2.05, 4.69) is 5.32 Å². The molecule has 0 bridgehead atoms. The number of hydrogen-bond donors (Lipinski definition) is 1. The van der Waals surface area contributed by atoms with E-state index in [4.69, 9.17) is 23.2 Å².